The molecule has 0 saturated heterocycles. The fourth-order valence-corrected chi connectivity index (χ4v) is 9.94. The third kappa shape index (κ3) is 4.02. The molecule has 0 radical (unpaired) electrons. The number of hydrogen-bond acceptors (Lipinski definition) is 4. The predicted octanol–water partition coefficient (Wildman–Crippen LogP) is 3.30. The van der Waals surface area contributed by atoms with E-state index in [2.05, 4.69) is 46.0 Å². The van der Waals surface area contributed by atoms with Gasteiger partial charge in [-0.05, 0) is 42.2 Å². The Bertz CT molecular complexity index is 1220. The molecule has 0 spiro atoms. The minimum absolute atomic E-state index is 0. The minimum atomic E-state index is -0.653. The molecule has 5 nitrogen and oxygen atoms in total. The van der Waals surface area contributed by atoms with Crippen molar-refractivity contribution in [2.45, 2.75) is 100 Å². The van der Waals surface area contributed by atoms with Crippen molar-refractivity contribution >= 4 is 17.5 Å². The molecule has 5 aliphatic rings. The number of nitrogens with one attached hydrogen (secondary N) is 1. The van der Waals surface area contributed by atoms with Crippen LogP contribution in [0.5, 0.6) is 0 Å². The molecular formula is C33H45LiN2O3. The van der Waals surface area contributed by atoms with Crippen molar-refractivity contribution in [3.8, 4) is 6.07 Å². The molecule has 6 heteroatoms. The van der Waals surface area contributed by atoms with Crippen LogP contribution in [0.25, 0.3) is 0 Å². The number of carbonyl (C=O) groups is 3. The van der Waals surface area contributed by atoms with E-state index in [0.29, 0.717) is 6.54 Å². The summed E-state index contributed by atoms with van der Waals surface area (Å²) in [5.41, 5.74) is -0.281. The molecule has 0 aromatic heterocycles. The van der Waals surface area contributed by atoms with Crippen molar-refractivity contribution in [3.05, 3.63) is 29.2 Å². The molecule has 1 amide bonds. The summed E-state index contributed by atoms with van der Waals surface area (Å²) >= 11 is 0. The molecule has 5 rings (SSSR count). The standard InChI is InChI=1S/C33H45N2O3.Li/c1-20(36)35-19-33-13-11-28(2,3)17-22(33)26-23(37)15-25-30(6)16-21(18-34)27(38)29(4,5)24(30)9-10-31(25,7)32(26,8)12-14-33;/h15-16,24,26H,9-14,17,19H2,1-8H3,(H,35,36);/q-1;+1/t24?,26-,30-,31+,32+,33+;/m0./s1. The second-order valence-corrected chi connectivity index (χ2v) is 15.3. The van der Waals surface area contributed by atoms with Crippen LogP contribution in [0.4, 0.5) is 0 Å². The fourth-order valence-electron chi connectivity index (χ4n) is 9.94. The van der Waals surface area contributed by atoms with Gasteiger partial charge in [-0.2, -0.15) is 11.7 Å². The Morgan fingerprint density at radius 2 is 1.69 bits per heavy atom. The zero-order valence-electron chi connectivity index (χ0n) is 25.6. The molecule has 1 N–H and O–H groups in total. The first-order chi connectivity index (χ1) is 17.5. The van der Waals surface area contributed by atoms with Crippen molar-refractivity contribution in [1.29, 1.82) is 5.26 Å². The summed E-state index contributed by atoms with van der Waals surface area (Å²) in [4.78, 5) is 39.6. The molecule has 39 heavy (non-hydrogen) atoms. The van der Waals surface area contributed by atoms with Gasteiger partial charge in [-0.25, -0.2) is 0 Å². The van der Waals surface area contributed by atoms with Gasteiger partial charge in [0, 0.05) is 17.8 Å². The molecule has 1 unspecified atom stereocenters. The van der Waals surface area contributed by atoms with E-state index in [-0.39, 0.29) is 75.4 Å². The Hall–Kier alpha value is -1.62. The van der Waals surface area contributed by atoms with Crippen LogP contribution in [0.3, 0.4) is 0 Å². The number of rotatable bonds is 2. The van der Waals surface area contributed by atoms with Gasteiger partial charge in [-0.15, -0.1) is 5.41 Å². The molecule has 5 aliphatic carbocycles. The predicted molar refractivity (Wildman–Crippen MR) is 147 cm³/mol. The maximum atomic E-state index is 14.4. The Labute approximate surface area is 247 Å². The summed E-state index contributed by atoms with van der Waals surface area (Å²) < 4.78 is 0. The van der Waals surface area contributed by atoms with E-state index in [1.807, 2.05) is 26.0 Å². The van der Waals surface area contributed by atoms with Crippen molar-refractivity contribution in [2.75, 3.05) is 6.54 Å². The van der Waals surface area contributed by atoms with Gasteiger partial charge in [0.15, 0.2) is 5.78 Å². The van der Waals surface area contributed by atoms with Crippen LogP contribution in [-0.4, -0.2) is 24.0 Å². The van der Waals surface area contributed by atoms with E-state index in [9.17, 15) is 19.6 Å². The molecule has 206 valence electrons. The smallest absolute Gasteiger partial charge is 0.358 e. The maximum Gasteiger partial charge on any atom is 1.00 e. The van der Waals surface area contributed by atoms with E-state index < -0.39 is 10.8 Å². The van der Waals surface area contributed by atoms with E-state index in [1.165, 1.54) is 5.92 Å². The van der Waals surface area contributed by atoms with E-state index in [4.69, 9.17) is 0 Å². The maximum absolute atomic E-state index is 14.4. The summed E-state index contributed by atoms with van der Waals surface area (Å²) in [5.74, 6) is 1.34. The normalized spacial score (nSPS) is 42.2. The Kier molecular flexibility index (Phi) is 7.15. The van der Waals surface area contributed by atoms with Crippen LogP contribution < -0.4 is 24.2 Å². The number of hydrogen-bond donors (Lipinski definition) is 1. The first-order valence-corrected chi connectivity index (χ1v) is 14.5. The quantitative estimate of drug-likeness (QED) is 0.444. The monoisotopic (exact) mass is 524 g/mol. The van der Waals surface area contributed by atoms with Gasteiger partial charge < -0.3 is 5.32 Å². The van der Waals surface area contributed by atoms with Gasteiger partial charge in [0.05, 0.1) is 5.57 Å². The number of ketones is 2. The van der Waals surface area contributed by atoms with E-state index >= 15 is 0 Å². The largest absolute Gasteiger partial charge is 1.00 e. The van der Waals surface area contributed by atoms with Crippen LogP contribution in [0, 0.1) is 61.6 Å². The first-order valence-electron chi connectivity index (χ1n) is 14.5. The summed E-state index contributed by atoms with van der Waals surface area (Å²) in [6.07, 6.45) is 10.6. The van der Waals surface area contributed by atoms with Crippen LogP contribution in [0.2, 0.25) is 0 Å². The molecule has 0 bridgehead atoms. The second-order valence-electron chi connectivity index (χ2n) is 15.3. The number of allylic oxidation sites excluding steroid dienone is 4. The number of carbonyl (C=O) groups excluding carboxylic acids is 3. The summed E-state index contributed by atoms with van der Waals surface area (Å²) in [5, 5.41) is 13.0. The number of nitrogens with zero attached hydrogens (tertiary/aromatic N) is 1. The SMILES string of the molecule is CC(=O)NC[C@]12CCC(C)(C)C[C-]1[C@H]1C(=O)C=C3[C@@]4(C)C=C(C#N)C(=O)C(C)(C)C4CC[C@@]3(C)[C@]1(C)CC2.[Li+]. The molecule has 3 saturated carbocycles. The van der Waals surface area contributed by atoms with E-state index in [0.717, 1.165) is 50.5 Å². The van der Waals surface area contributed by atoms with Gasteiger partial charge in [-0.1, -0.05) is 97.1 Å². The van der Waals surface area contributed by atoms with Gasteiger partial charge in [0.2, 0.25) is 5.91 Å². The average Bonchev–Trinajstić information content (AvgIpc) is 2.82. The molecule has 0 aromatic carbocycles. The van der Waals surface area contributed by atoms with Crippen LogP contribution >= 0.6 is 0 Å². The number of fused-ring (bicyclic) bond motifs is 7. The van der Waals surface area contributed by atoms with Crippen LogP contribution in [0.1, 0.15) is 100 Å². The minimum Gasteiger partial charge on any atom is -0.358 e. The van der Waals surface area contributed by atoms with Gasteiger partial charge in [0.25, 0.3) is 0 Å². The summed E-state index contributed by atoms with van der Waals surface area (Å²) in [7, 11) is 0. The summed E-state index contributed by atoms with van der Waals surface area (Å²) in [6, 6.07) is 2.19. The molecule has 0 aliphatic heterocycles. The topological polar surface area (TPSA) is 87.0 Å². The number of Topliss-reactive ketones (excluding diaryl/α,β-unsaturated/α-hetero) is 1. The van der Waals surface area contributed by atoms with Crippen molar-refractivity contribution in [1.82, 2.24) is 5.32 Å². The third-order valence-electron chi connectivity index (χ3n) is 12.3. The molecule has 0 heterocycles. The van der Waals surface area contributed by atoms with Crippen LogP contribution in [0.15, 0.2) is 23.3 Å². The zero-order valence-corrected chi connectivity index (χ0v) is 25.6. The second kappa shape index (κ2) is 9.19. The zero-order chi connectivity index (χ0) is 28.1. The molecule has 6 atom stereocenters. The Morgan fingerprint density at radius 1 is 1.05 bits per heavy atom. The van der Waals surface area contributed by atoms with Gasteiger partial charge in [-0.3, -0.25) is 20.3 Å². The van der Waals surface area contributed by atoms with Crippen LogP contribution in [-0.2, 0) is 14.4 Å². The third-order valence-corrected chi connectivity index (χ3v) is 12.3. The fraction of sp³-hybridized carbons (Fsp3) is 0.727. The average molecular weight is 525 g/mol. The van der Waals surface area contributed by atoms with Crippen molar-refractivity contribution < 1.29 is 33.2 Å². The van der Waals surface area contributed by atoms with E-state index in [1.54, 1.807) is 6.92 Å². The van der Waals surface area contributed by atoms with Gasteiger partial charge >= 0.3 is 18.9 Å². The van der Waals surface area contributed by atoms with Gasteiger partial charge in [0.1, 0.15) is 11.9 Å². The molecule has 0 aromatic rings. The Balaban J connectivity index is 0.00000353. The Morgan fingerprint density at radius 3 is 2.31 bits per heavy atom. The number of nitriles is 1. The molecular weight excluding hydrogens is 479 g/mol. The molecule has 3 fully saturated rings. The first kappa shape index (κ1) is 30.3. The van der Waals surface area contributed by atoms with Crippen molar-refractivity contribution in [3.63, 3.8) is 0 Å². The van der Waals surface area contributed by atoms with Crippen molar-refractivity contribution in [2.24, 2.45) is 44.3 Å². The summed E-state index contributed by atoms with van der Waals surface area (Å²) in [6.45, 7) is 17.7. The number of amides is 1.